The summed E-state index contributed by atoms with van der Waals surface area (Å²) in [5.41, 5.74) is 0.294. The Balaban J connectivity index is 2.51. The van der Waals surface area contributed by atoms with Crippen LogP contribution in [0.4, 0.5) is 5.69 Å². The van der Waals surface area contributed by atoms with Crippen LogP contribution in [0, 0.1) is 0 Å². The Bertz CT molecular complexity index is 570. The maximum absolute atomic E-state index is 11.7. The Hall–Kier alpha value is -1.59. The third-order valence-corrected chi connectivity index (χ3v) is 3.00. The van der Waals surface area contributed by atoms with Gasteiger partial charge in [-0.15, -0.1) is 0 Å². The zero-order valence-electron chi connectivity index (χ0n) is 9.20. The van der Waals surface area contributed by atoms with Gasteiger partial charge in [-0.25, -0.2) is 0 Å². The number of ketones is 1. The molecule has 18 heavy (non-hydrogen) atoms. The van der Waals surface area contributed by atoms with E-state index in [1.807, 2.05) is 0 Å². The van der Waals surface area contributed by atoms with Gasteiger partial charge in [0, 0.05) is 5.02 Å². The minimum absolute atomic E-state index is 0.0985. The van der Waals surface area contributed by atoms with E-state index in [9.17, 15) is 14.4 Å². The highest BCUT2D eigenvalue weighted by molar-refractivity contribution is 6.55. The standard InChI is InChI=1S/C11H7Cl2NO4/c1-18-8(15)4-14-9-6(10(16)11(14)17)2-5(12)3-7(9)13/h2-3H,4H2,1H3. The number of esters is 1. The minimum atomic E-state index is -0.820. The van der Waals surface area contributed by atoms with Gasteiger partial charge in [0.1, 0.15) is 6.54 Å². The van der Waals surface area contributed by atoms with Gasteiger partial charge in [-0.2, -0.15) is 0 Å². The second-order valence-corrected chi connectivity index (χ2v) is 4.42. The van der Waals surface area contributed by atoms with Crippen LogP contribution >= 0.6 is 23.2 Å². The lowest BCUT2D eigenvalue weighted by Gasteiger charge is -2.15. The lowest BCUT2D eigenvalue weighted by molar-refractivity contribution is -0.139. The summed E-state index contributed by atoms with van der Waals surface area (Å²) in [5, 5.41) is 0.389. The number of ether oxygens (including phenoxy) is 1. The van der Waals surface area contributed by atoms with Crippen LogP contribution in [0.3, 0.4) is 0 Å². The summed E-state index contributed by atoms with van der Waals surface area (Å²) in [7, 11) is 1.19. The number of Topliss-reactive ketones (excluding diaryl/α,β-unsaturated/α-hetero) is 1. The van der Waals surface area contributed by atoms with Crippen molar-refractivity contribution in [2.24, 2.45) is 0 Å². The molecule has 1 aromatic carbocycles. The van der Waals surface area contributed by atoms with Gasteiger partial charge in [0.15, 0.2) is 0 Å². The van der Waals surface area contributed by atoms with Crippen molar-refractivity contribution in [2.75, 3.05) is 18.6 Å². The Kier molecular flexibility index (Phi) is 3.28. The topological polar surface area (TPSA) is 63.7 Å². The molecule has 94 valence electrons. The number of carbonyl (C=O) groups is 3. The monoisotopic (exact) mass is 287 g/mol. The van der Waals surface area contributed by atoms with E-state index in [0.29, 0.717) is 0 Å². The number of methoxy groups -OCH3 is 1. The van der Waals surface area contributed by atoms with Crippen molar-refractivity contribution in [3.63, 3.8) is 0 Å². The molecule has 5 nitrogen and oxygen atoms in total. The van der Waals surface area contributed by atoms with Crippen molar-refractivity contribution in [3.05, 3.63) is 27.7 Å². The molecule has 1 heterocycles. The molecular weight excluding hydrogens is 281 g/mol. The van der Waals surface area contributed by atoms with Crippen LogP contribution < -0.4 is 4.90 Å². The smallest absolute Gasteiger partial charge is 0.325 e. The fourth-order valence-corrected chi connectivity index (χ4v) is 2.29. The lowest BCUT2D eigenvalue weighted by atomic mass is 10.1. The zero-order chi connectivity index (χ0) is 13.4. The Morgan fingerprint density at radius 1 is 1.33 bits per heavy atom. The molecule has 0 unspecified atom stereocenters. The number of anilines is 1. The second kappa shape index (κ2) is 4.59. The van der Waals surface area contributed by atoms with Gasteiger partial charge in [-0.05, 0) is 12.1 Å². The molecule has 0 aliphatic carbocycles. The molecule has 1 aromatic rings. The number of nitrogens with zero attached hydrogens (tertiary/aromatic N) is 1. The second-order valence-electron chi connectivity index (χ2n) is 3.58. The molecule has 1 aliphatic heterocycles. The van der Waals surface area contributed by atoms with E-state index < -0.39 is 17.7 Å². The summed E-state index contributed by atoms with van der Waals surface area (Å²) in [6, 6.07) is 2.75. The first-order chi connectivity index (χ1) is 8.45. The quantitative estimate of drug-likeness (QED) is 0.613. The Labute approximate surface area is 112 Å². The first-order valence-corrected chi connectivity index (χ1v) is 5.63. The number of halogens is 2. The van der Waals surface area contributed by atoms with Crippen molar-refractivity contribution in [2.45, 2.75) is 0 Å². The average Bonchev–Trinajstić information content (AvgIpc) is 2.54. The molecule has 0 fully saturated rings. The van der Waals surface area contributed by atoms with E-state index in [1.54, 1.807) is 0 Å². The van der Waals surface area contributed by atoms with E-state index >= 15 is 0 Å². The van der Waals surface area contributed by atoms with E-state index in [0.717, 1.165) is 4.90 Å². The fourth-order valence-electron chi connectivity index (χ4n) is 1.70. The number of carbonyl (C=O) groups excluding carboxylic acids is 3. The van der Waals surface area contributed by atoms with E-state index in [2.05, 4.69) is 4.74 Å². The predicted octanol–water partition coefficient (Wildman–Crippen LogP) is 1.70. The van der Waals surface area contributed by atoms with Crippen LogP contribution in [-0.2, 0) is 14.3 Å². The molecular formula is C11H7Cl2NO4. The first-order valence-electron chi connectivity index (χ1n) is 4.87. The highest BCUT2D eigenvalue weighted by atomic mass is 35.5. The molecule has 0 radical (unpaired) electrons. The van der Waals surface area contributed by atoms with Crippen LogP contribution in [0.2, 0.25) is 10.0 Å². The maximum atomic E-state index is 11.7. The number of amides is 1. The van der Waals surface area contributed by atoms with Crippen LogP contribution in [0.1, 0.15) is 10.4 Å². The van der Waals surface area contributed by atoms with Gasteiger partial charge in [-0.3, -0.25) is 19.3 Å². The van der Waals surface area contributed by atoms with Crippen molar-refractivity contribution in [1.82, 2.24) is 0 Å². The highest BCUT2D eigenvalue weighted by Gasteiger charge is 2.39. The van der Waals surface area contributed by atoms with E-state index in [1.165, 1.54) is 19.2 Å². The largest absolute Gasteiger partial charge is 0.468 e. The third kappa shape index (κ3) is 1.95. The van der Waals surface area contributed by atoms with Gasteiger partial charge < -0.3 is 4.74 Å². The normalized spacial score (nSPS) is 13.8. The predicted molar refractivity (Wildman–Crippen MR) is 65.2 cm³/mol. The van der Waals surface area contributed by atoms with Crippen LogP contribution in [0.5, 0.6) is 0 Å². The van der Waals surface area contributed by atoms with E-state index in [4.69, 9.17) is 23.2 Å². The minimum Gasteiger partial charge on any atom is -0.468 e. The highest BCUT2D eigenvalue weighted by Crippen LogP contribution is 2.38. The van der Waals surface area contributed by atoms with Crippen LogP contribution in [0.15, 0.2) is 12.1 Å². The molecule has 0 saturated carbocycles. The average molecular weight is 288 g/mol. The number of benzene rings is 1. The van der Waals surface area contributed by atoms with E-state index in [-0.39, 0.29) is 27.8 Å². The summed E-state index contributed by atoms with van der Waals surface area (Å²) in [4.78, 5) is 35.7. The van der Waals surface area contributed by atoms with Gasteiger partial charge in [0.2, 0.25) is 0 Å². The molecule has 0 atom stereocenters. The van der Waals surface area contributed by atoms with Crippen LogP contribution in [-0.4, -0.2) is 31.3 Å². The van der Waals surface area contributed by atoms with Gasteiger partial charge >= 0.3 is 5.97 Å². The fraction of sp³-hybridized carbons (Fsp3) is 0.182. The number of rotatable bonds is 2. The Morgan fingerprint density at radius 2 is 2.00 bits per heavy atom. The summed E-state index contributed by atoms with van der Waals surface area (Å²) in [5.74, 6) is -2.20. The van der Waals surface area contributed by atoms with Crippen molar-refractivity contribution >= 4 is 46.5 Å². The number of hydrogen-bond donors (Lipinski definition) is 0. The summed E-state index contributed by atoms with van der Waals surface area (Å²) >= 11 is 11.7. The van der Waals surface area contributed by atoms with Crippen molar-refractivity contribution in [1.29, 1.82) is 0 Å². The molecule has 0 spiro atoms. The molecule has 2 rings (SSSR count). The number of fused-ring (bicyclic) bond motifs is 1. The summed E-state index contributed by atoms with van der Waals surface area (Å²) < 4.78 is 4.46. The summed E-state index contributed by atoms with van der Waals surface area (Å²) in [6.45, 7) is -0.366. The van der Waals surface area contributed by atoms with Gasteiger partial charge in [0.05, 0.1) is 23.4 Å². The SMILES string of the molecule is COC(=O)CN1C(=O)C(=O)c2cc(Cl)cc(Cl)c21. The Morgan fingerprint density at radius 3 is 2.61 bits per heavy atom. The van der Waals surface area contributed by atoms with Gasteiger partial charge in [0.25, 0.3) is 11.7 Å². The third-order valence-electron chi connectivity index (χ3n) is 2.50. The first kappa shape index (κ1) is 12.9. The maximum Gasteiger partial charge on any atom is 0.325 e. The molecule has 1 amide bonds. The molecule has 0 bridgehead atoms. The molecule has 0 saturated heterocycles. The van der Waals surface area contributed by atoms with Crippen molar-refractivity contribution < 1.29 is 19.1 Å². The zero-order valence-corrected chi connectivity index (χ0v) is 10.7. The summed E-state index contributed by atoms with van der Waals surface area (Å²) in [6.07, 6.45) is 0. The molecule has 0 N–H and O–H groups in total. The molecule has 0 aromatic heterocycles. The molecule has 1 aliphatic rings. The number of hydrogen-bond acceptors (Lipinski definition) is 4. The van der Waals surface area contributed by atoms with Crippen molar-refractivity contribution in [3.8, 4) is 0 Å². The van der Waals surface area contributed by atoms with Gasteiger partial charge in [-0.1, -0.05) is 23.2 Å². The lowest BCUT2D eigenvalue weighted by Crippen LogP contribution is -2.35. The van der Waals surface area contributed by atoms with Crippen LogP contribution in [0.25, 0.3) is 0 Å². The molecule has 7 heteroatoms.